The van der Waals surface area contributed by atoms with E-state index in [4.69, 9.17) is 4.74 Å². The highest BCUT2D eigenvalue weighted by Crippen LogP contribution is 2.68. The minimum atomic E-state index is -0.744. The lowest BCUT2D eigenvalue weighted by Gasteiger charge is -2.38. The molecule has 0 saturated carbocycles. The second kappa shape index (κ2) is 12.7. The number of carbonyl (C=O) groups excluding carboxylic acids is 3. The second-order valence-corrected chi connectivity index (χ2v) is 13.7. The van der Waals surface area contributed by atoms with E-state index < -0.39 is 28.6 Å². The van der Waals surface area contributed by atoms with Crippen molar-refractivity contribution in [3.63, 3.8) is 0 Å². The number of nitrogens with zero attached hydrogens (tertiary/aromatic N) is 2. The van der Waals surface area contributed by atoms with E-state index in [9.17, 15) is 19.5 Å². The molecule has 2 bridgehead atoms. The number of hydrogen-bond acceptors (Lipinski definition) is 6. The summed E-state index contributed by atoms with van der Waals surface area (Å²) in [5, 5.41) is 11.1. The van der Waals surface area contributed by atoms with Crippen LogP contribution in [0.25, 0.3) is 10.8 Å². The van der Waals surface area contributed by atoms with Gasteiger partial charge in [-0.05, 0) is 42.2 Å². The maximum Gasteiger partial charge on any atom is 0.311 e. The molecular formula is C32H37BrN2O5S. The highest BCUT2D eigenvalue weighted by atomic mass is 79.9. The predicted octanol–water partition coefficient (Wildman–Crippen LogP) is 5.11. The third-order valence-electron chi connectivity index (χ3n) is 8.57. The second-order valence-electron chi connectivity index (χ2n) is 11.0. The number of fused-ring (bicyclic) bond motifs is 2. The maximum absolute atomic E-state index is 14.7. The summed E-state index contributed by atoms with van der Waals surface area (Å²) < 4.78 is 4.74. The smallest absolute Gasteiger partial charge is 0.311 e. The highest BCUT2D eigenvalue weighted by molar-refractivity contribution is 9.09. The van der Waals surface area contributed by atoms with Crippen molar-refractivity contribution in [2.75, 3.05) is 31.2 Å². The molecule has 3 fully saturated rings. The summed E-state index contributed by atoms with van der Waals surface area (Å²) >= 11 is 5.41. The molecule has 218 valence electrons. The van der Waals surface area contributed by atoms with Gasteiger partial charge in [-0.2, -0.15) is 0 Å². The number of aliphatic hydroxyl groups is 1. The lowest BCUT2D eigenvalue weighted by atomic mass is 9.71. The van der Waals surface area contributed by atoms with Crippen molar-refractivity contribution in [1.29, 1.82) is 0 Å². The van der Waals surface area contributed by atoms with E-state index in [2.05, 4.69) is 29.1 Å². The zero-order valence-electron chi connectivity index (χ0n) is 23.1. The molecule has 3 saturated heterocycles. The van der Waals surface area contributed by atoms with Gasteiger partial charge in [-0.15, -0.1) is 18.3 Å². The van der Waals surface area contributed by atoms with Gasteiger partial charge in [0.2, 0.25) is 5.91 Å². The fourth-order valence-electron chi connectivity index (χ4n) is 6.85. The number of unbranched alkanes of at least 4 members (excludes halogenated alkanes) is 3. The van der Waals surface area contributed by atoms with Crippen LogP contribution >= 0.6 is 27.7 Å². The molecule has 0 aliphatic carbocycles. The number of amides is 2. The maximum atomic E-state index is 14.7. The van der Waals surface area contributed by atoms with Gasteiger partial charge in [-0.1, -0.05) is 77.8 Å². The predicted molar refractivity (Wildman–Crippen MR) is 167 cm³/mol. The normalized spacial score (nSPS) is 28.1. The molecule has 9 heteroatoms. The number of halogens is 1. The van der Waals surface area contributed by atoms with E-state index in [0.29, 0.717) is 32.4 Å². The minimum absolute atomic E-state index is 0.0221. The van der Waals surface area contributed by atoms with Crippen molar-refractivity contribution in [2.45, 2.75) is 53.0 Å². The highest BCUT2D eigenvalue weighted by Gasteiger charge is 2.76. The summed E-state index contributed by atoms with van der Waals surface area (Å²) in [6.07, 6.45) is 6.96. The van der Waals surface area contributed by atoms with E-state index in [0.717, 1.165) is 29.3 Å². The van der Waals surface area contributed by atoms with E-state index in [1.807, 2.05) is 42.5 Å². The molecule has 0 radical (unpaired) electrons. The Balaban J connectivity index is 1.53. The van der Waals surface area contributed by atoms with Gasteiger partial charge in [0, 0.05) is 35.5 Å². The number of ether oxygens (including phenoxy) is 1. The van der Waals surface area contributed by atoms with Crippen LogP contribution in [0.2, 0.25) is 0 Å². The Morgan fingerprint density at radius 1 is 1.12 bits per heavy atom. The molecule has 1 spiro atoms. The van der Waals surface area contributed by atoms with E-state index in [-0.39, 0.29) is 35.1 Å². The van der Waals surface area contributed by atoms with Crippen molar-refractivity contribution in [1.82, 2.24) is 4.90 Å². The zero-order chi connectivity index (χ0) is 29.1. The Labute approximate surface area is 254 Å². The molecule has 3 unspecified atom stereocenters. The lowest BCUT2D eigenvalue weighted by molar-refractivity contribution is -0.153. The summed E-state index contributed by atoms with van der Waals surface area (Å²) in [5.41, 5.74) is 0.749. The van der Waals surface area contributed by atoms with Crippen molar-refractivity contribution in [2.24, 2.45) is 11.8 Å². The number of carbonyl (C=O) groups is 3. The molecule has 2 amide bonds. The first kappa shape index (κ1) is 29.9. The van der Waals surface area contributed by atoms with Crippen LogP contribution in [0.4, 0.5) is 5.69 Å². The number of benzene rings is 2. The first-order valence-corrected chi connectivity index (χ1v) is 16.1. The molecule has 1 N–H and O–H groups in total. The number of rotatable bonds is 13. The van der Waals surface area contributed by atoms with Crippen LogP contribution in [0.1, 0.15) is 32.1 Å². The molecule has 6 atom stereocenters. The van der Waals surface area contributed by atoms with Gasteiger partial charge in [0.05, 0.1) is 16.6 Å². The summed E-state index contributed by atoms with van der Waals surface area (Å²) in [7, 11) is 0. The molecule has 7 nitrogen and oxygen atoms in total. The Bertz CT molecular complexity index is 1340. The summed E-state index contributed by atoms with van der Waals surface area (Å²) in [6, 6.07) is 13.2. The largest absolute Gasteiger partial charge is 0.461 e. The van der Waals surface area contributed by atoms with Crippen molar-refractivity contribution in [3.8, 4) is 0 Å². The van der Waals surface area contributed by atoms with Crippen LogP contribution < -0.4 is 4.90 Å². The van der Waals surface area contributed by atoms with Crippen LogP contribution in [-0.2, 0) is 19.1 Å². The summed E-state index contributed by atoms with van der Waals surface area (Å²) in [5.74, 6) is -1.96. The molecule has 0 aromatic heterocycles. The number of alkyl halides is 1. The zero-order valence-corrected chi connectivity index (χ0v) is 25.5. The van der Waals surface area contributed by atoms with Gasteiger partial charge < -0.3 is 19.6 Å². The SMILES string of the molecule is C=CCOC(=O)[C@H]1[C@@H]2SC3(CC2Br)C(C(=O)N(CC=C)c2ccc4ccccc4c2)N(CCCCCCO)C(=O)[C@H]13. The third-order valence-corrected chi connectivity index (χ3v) is 11.8. The Morgan fingerprint density at radius 2 is 1.88 bits per heavy atom. The molecule has 41 heavy (non-hydrogen) atoms. The number of aliphatic hydroxyl groups excluding tert-OH is 1. The van der Waals surface area contributed by atoms with Crippen LogP contribution in [0.15, 0.2) is 67.8 Å². The molecule has 5 rings (SSSR count). The van der Waals surface area contributed by atoms with Crippen LogP contribution in [0, 0.1) is 11.8 Å². The summed E-state index contributed by atoms with van der Waals surface area (Å²) in [6.45, 7) is 8.50. The monoisotopic (exact) mass is 640 g/mol. The summed E-state index contributed by atoms with van der Waals surface area (Å²) in [4.78, 5) is 45.7. The molecule has 3 aliphatic rings. The number of likely N-dealkylation sites (tertiary alicyclic amines) is 1. The topological polar surface area (TPSA) is 87.2 Å². The average molecular weight is 642 g/mol. The number of anilines is 1. The van der Waals surface area contributed by atoms with Crippen LogP contribution in [0.3, 0.4) is 0 Å². The number of esters is 1. The van der Waals surface area contributed by atoms with Crippen LogP contribution in [-0.4, -0.2) is 75.0 Å². The van der Waals surface area contributed by atoms with E-state index in [1.54, 1.807) is 27.6 Å². The Kier molecular flexibility index (Phi) is 9.26. The molecule has 3 aliphatic heterocycles. The lowest BCUT2D eigenvalue weighted by Crippen LogP contribution is -2.55. The van der Waals surface area contributed by atoms with E-state index >= 15 is 0 Å². The third kappa shape index (κ3) is 5.37. The van der Waals surface area contributed by atoms with Gasteiger partial charge in [0.1, 0.15) is 12.6 Å². The van der Waals surface area contributed by atoms with Gasteiger partial charge in [0.25, 0.3) is 5.91 Å². The van der Waals surface area contributed by atoms with Gasteiger partial charge in [-0.3, -0.25) is 14.4 Å². The van der Waals surface area contributed by atoms with E-state index in [1.165, 1.54) is 6.08 Å². The van der Waals surface area contributed by atoms with Gasteiger partial charge >= 0.3 is 5.97 Å². The van der Waals surface area contributed by atoms with Gasteiger partial charge in [0.15, 0.2) is 0 Å². The number of hydrogen-bond donors (Lipinski definition) is 1. The van der Waals surface area contributed by atoms with Crippen molar-refractivity contribution >= 4 is 61.9 Å². The molecular weight excluding hydrogens is 604 g/mol. The molecule has 2 aromatic rings. The standard InChI is InChI=1S/C32H37BrN2O5S/c1-3-15-34(23-14-13-21-11-7-8-12-22(21)19-23)30(38)28-32-20-24(33)27(41-32)25(31(39)40-18-4-2)26(32)29(37)35(28)16-9-5-6-10-17-36/h3-4,7-8,11-14,19,24-28,36H,1-2,5-6,9-10,15-18,20H2/t24?,25-,26+,27-,28?,32?/m1/s1. The molecule has 3 heterocycles. The Morgan fingerprint density at radius 3 is 2.61 bits per heavy atom. The Hall–Kier alpha value is -2.62. The first-order chi connectivity index (χ1) is 19.9. The average Bonchev–Trinajstić information content (AvgIpc) is 3.57. The van der Waals surface area contributed by atoms with Crippen molar-refractivity contribution < 1.29 is 24.2 Å². The fourth-order valence-corrected chi connectivity index (χ4v) is 10.4. The molecule has 2 aromatic carbocycles. The quantitative estimate of drug-likeness (QED) is 0.142. The number of thioether (sulfide) groups is 1. The minimum Gasteiger partial charge on any atom is -0.461 e. The fraction of sp³-hybridized carbons (Fsp3) is 0.469. The first-order valence-electron chi connectivity index (χ1n) is 14.3. The van der Waals surface area contributed by atoms with Crippen molar-refractivity contribution in [3.05, 3.63) is 67.8 Å². The van der Waals surface area contributed by atoms with Crippen LogP contribution in [0.5, 0.6) is 0 Å². The van der Waals surface area contributed by atoms with Gasteiger partial charge in [-0.25, -0.2) is 0 Å².